The molecular formula is C19H26N4O5S. The molecule has 1 aliphatic carbocycles. The van der Waals surface area contributed by atoms with Gasteiger partial charge in [-0.2, -0.15) is 4.31 Å². The van der Waals surface area contributed by atoms with Crippen molar-refractivity contribution in [2.75, 3.05) is 25.0 Å². The zero-order valence-electron chi connectivity index (χ0n) is 16.3. The Morgan fingerprint density at radius 3 is 2.62 bits per heavy atom. The van der Waals surface area contributed by atoms with E-state index in [0.29, 0.717) is 5.69 Å². The van der Waals surface area contributed by atoms with Crippen LogP contribution in [0.1, 0.15) is 32.6 Å². The van der Waals surface area contributed by atoms with Crippen LogP contribution in [-0.4, -0.2) is 56.1 Å². The second-order valence-corrected chi connectivity index (χ2v) is 9.37. The van der Waals surface area contributed by atoms with Gasteiger partial charge in [0.05, 0.1) is 11.4 Å². The summed E-state index contributed by atoms with van der Waals surface area (Å²) in [5.41, 5.74) is 0.325. The van der Waals surface area contributed by atoms with Crippen LogP contribution >= 0.6 is 0 Å². The molecule has 2 fully saturated rings. The van der Waals surface area contributed by atoms with E-state index in [1.807, 2.05) is 0 Å². The van der Waals surface area contributed by atoms with Gasteiger partial charge in [-0.15, -0.1) is 0 Å². The molecule has 1 aromatic carbocycles. The molecule has 1 unspecified atom stereocenters. The van der Waals surface area contributed by atoms with E-state index >= 15 is 0 Å². The first-order valence-electron chi connectivity index (χ1n) is 9.72. The second-order valence-electron chi connectivity index (χ2n) is 7.43. The lowest BCUT2D eigenvalue weighted by Crippen LogP contribution is -2.49. The first kappa shape index (κ1) is 21.3. The number of nitrogens with zero attached hydrogens (tertiary/aromatic N) is 1. The van der Waals surface area contributed by atoms with E-state index in [1.54, 1.807) is 6.07 Å². The molecule has 0 bridgehead atoms. The van der Waals surface area contributed by atoms with Gasteiger partial charge in [0, 0.05) is 25.7 Å². The summed E-state index contributed by atoms with van der Waals surface area (Å²) in [6, 6.07) is 5.29. The predicted octanol–water partition coefficient (Wildman–Crippen LogP) is 0.440. The number of carbonyl (C=O) groups is 3. The highest BCUT2D eigenvalue weighted by molar-refractivity contribution is 7.89. The number of piperazine rings is 1. The predicted molar refractivity (Wildman–Crippen MR) is 106 cm³/mol. The molecule has 0 spiro atoms. The molecule has 2 aliphatic rings. The number of anilines is 1. The fourth-order valence-corrected chi connectivity index (χ4v) is 5.27. The average Bonchev–Trinajstić information content (AvgIpc) is 3.20. The van der Waals surface area contributed by atoms with E-state index in [1.165, 1.54) is 25.1 Å². The summed E-state index contributed by atoms with van der Waals surface area (Å²) in [5, 5.41) is 8.05. The van der Waals surface area contributed by atoms with Crippen molar-refractivity contribution in [1.29, 1.82) is 0 Å². The molecule has 1 atom stereocenters. The molecule has 3 N–H and O–H groups in total. The molecule has 1 saturated heterocycles. The third-order valence-electron chi connectivity index (χ3n) is 5.26. The van der Waals surface area contributed by atoms with Crippen LogP contribution in [0.3, 0.4) is 0 Å². The van der Waals surface area contributed by atoms with Crippen LogP contribution in [0, 0.1) is 5.92 Å². The van der Waals surface area contributed by atoms with Gasteiger partial charge in [0.15, 0.2) is 0 Å². The van der Waals surface area contributed by atoms with Crippen LogP contribution in [0.25, 0.3) is 0 Å². The van der Waals surface area contributed by atoms with Gasteiger partial charge in [0.2, 0.25) is 27.7 Å². The highest BCUT2D eigenvalue weighted by Gasteiger charge is 2.32. The maximum atomic E-state index is 12.8. The maximum Gasteiger partial charge on any atom is 0.247 e. The Hall–Kier alpha value is -2.46. The highest BCUT2D eigenvalue weighted by Crippen LogP contribution is 2.29. The minimum absolute atomic E-state index is 0.00180. The summed E-state index contributed by atoms with van der Waals surface area (Å²) in [5.74, 6) is -0.924. The zero-order chi connectivity index (χ0) is 21.0. The molecule has 3 amide bonds. The highest BCUT2D eigenvalue weighted by atomic mass is 32.2. The topological polar surface area (TPSA) is 125 Å². The number of amides is 3. The Kier molecular flexibility index (Phi) is 6.53. The van der Waals surface area contributed by atoms with Gasteiger partial charge in [-0.3, -0.25) is 14.4 Å². The van der Waals surface area contributed by atoms with Crippen LogP contribution in [-0.2, 0) is 24.4 Å². The third kappa shape index (κ3) is 5.13. The number of benzene rings is 1. The van der Waals surface area contributed by atoms with E-state index in [2.05, 4.69) is 16.0 Å². The van der Waals surface area contributed by atoms with Gasteiger partial charge in [0.25, 0.3) is 0 Å². The first-order chi connectivity index (χ1) is 13.8. The quantitative estimate of drug-likeness (QED) is 0.614. The van der Waals surface area contributed by atoms with E-state index in [9.17, 15) is 22.8 Å². The number of sulfonamides is 1. The summed E-state index contributed by atoms with van der Waals surface area (Å²) in [7, 11) is -3.86. The Morgan fingerprint density at radius 1 is 1.24 bits per heavy atom. The maximum absolute atomic E-state index is 12.8. The second kappa shape index (κ2) is 8.91. The minimum Gasteiger partial charge on any atom is -0.354 e. The van der Waals surface area contributed by atoms with Gasteiger partial charge >= 0.3 is 0 Å². The molecule has 29 heavy (non-hydrogen) atoms. The van der Waals surface area contributed by atoms with Crippen molar-refractivity contribution < 1.29 is 22.8 Å². The third-order valence-corrected chi connectivity index (χ3v) is 7.10. The van der Waals surface area contributed by atoms with Crippen molar-refractivity contribution in [3.8, 4) is 0 Å². The van der Waals surface area contributed by atoms with Gasteiger partial charge in [-0.25, -0.2) is 8.42 Å². The Balaban J connectivity index is 1.77. The van der Waals surface area contributed by atoms with Crippen LogP contribution in [0.4, 0.5) is 5.69 Å². The summed E-state index contributed by atoms with van der Waals surface area (Å²) in [6.45, 7) is 1.59. The van der Waals surface area contributed by atoms with Gasteiger partial charge < -0.3 is 16.0 Å². The summed E-state index contributed by atoms with van der Waals surface area (Å²) in [4.78, 5) is 35.9. The molecule has 1 aliphatic heterocycles. The SMILES string of the molecule is CC(=O)NC(C(=O)Nc1cccc(S(=O)(=O)N2CCNC(=O)C2)c1)C1CCCC1. The first-order valence-corrected chi connectivity index (χ1v) is 11.2. The molecule has 3 rings (SSSR count). The van der Waals surface area contributed by atoms with E-state index in [-0.39, 0.29) is 48.2 Å². The molecule has 0 radical (unpaired) electrons. The van der Waals surface area contributed by atoms with Crippen molar-refractivity contribution in [2.45, 2.75) is 43.5 Å². The van der Waals surface area contributed by atoms with Crippen LogP contribution < -0.4 is 16.0 Å². The number of hydrogen-bond donors (Lipinski definition) is 3. The van der Waals surface area contributed by atoms with Crippen LogP contribution in [0.5, 0.6) is 0 Å². The van der Waals surface area contributed by atoms with Gasteiger partial charge in [-0.1, -0.05) is 18.9 Å². The molecule has 10 heteroatoms. The number of hydrogen-bond acceptors (Lipinski definition) is 5. The summed E-state index contributed by atoms with van der Waals surface area (Å²) >= 11 is 0. The van der Waals surface area contributed by atoms with Crippen molar-refractivity contribution in [3.05, 3.63) is 24.3 Å². The van der Waals surface area contributed by atoms with E-state index < -0.39 is 16.1 Å². The van der Waals surface area contributed by atoms with Gasteiger partial charge in [-0.05, 0) is 37.0 Å². The Morgan fingerprint density at radius 2 is 1.97 bits per heavy atom. The zero-order valence-corrected chi connectivity index (χ0v) is 17.1. The minimum atomic E-state index is -3.86. The Bertz CT molecular complexity index is 896. The monoisotopic (exact) mass is 422 g/mol. The lowest BCUT2D eigenvalue weighted by atomic mass is 9.97. The van der Waals surface area contributed by atoms with Crippen molar-refractivity contribution in [3.63, 3.8) is 0 Å². The van der Waals surface area contributed by atoms with Crippen LogP contribution in [0.15, 0.2) is 29.2 Å². The fourth-order valence-electron chi connectivity index (χ4n) is 3.83. The normalized spacial score (nSPS) is 19.4. The van der Waals surface area contributed by atoms with Crippen molar-refractivity contribution >= 4 is 33.4 Å². The fraction of sp³-hybridized carbons (Fsp3) is 0.526. The standard InChI is InChI=1S/C19H26N4O5S/c1-13(24)21-18(14-5-2-3-6-14)19(26)22-15-7-4-8-16(11-15)29(27,28)23-10-9-20-17(25)12-23/h4,7-8,11,14,18H,2-3,5-6,9-10,12H2,1H3,(H,20,25)(H,21,24)(H,22,26). The lowest BCUT2D eigenvalue weighted by Gasteiger charge is -2.26. The summed E-state index contributed by atoms with van der Waals surface area (Å²) < 4.78 is 26.8. The number of carbonyl (C=O) groups excluding carboxylic acids is 3. The van der Waals surface area contributed by atoms with E-state index in [4.69, 9.17) is 0 Å². The molecule has 1 aromatic rings. The Labute approximate surface area is 170 Å². The van der Waals surface area contributed by atoms with Gasteiger partial charge in [0.1, 0.15) is 6.04 Å². The summed E-state index contributed by atoms with van der Waals surface area (Å²) in [6.07, 6.45) is 3.77. The lowest BCUT2D eigenvalue weighted by molar-refractivity contribution is -0.126. The molecular weight excluding hydrogens is 396 g/mol. The van der Waals surface area contributed by atoms with Crippen molar-refractivity contribution in [1.82, 2.24) is 14.9 Å². The molecule has 1 heterocycles. The number of rotatable bonds is 6. The molecule has 9 nitrogen and oxygen atoms in total. The van der Waals surface area contributed by atoms with Crippen molar-refractivity contribution in [2.24, 2.45) is 5.92 Å². The average molecular weight is 423 g/mol. The largest absolute Gasteiger partial charge is 0.354 e. The van der Waals surface area contributed by atoms with E-state index in [0.717, 1.165) is 30.0 Å². The molecule has 0 aromatic heterocycles. The molecule has 158 valence electrons. The molecule has 1 saturated carbocycles. The number of nitrogens with one attached hydrogen (secondary N) is 3. The smallest absolute Gasteiger partial charge is 0.247 e. The van der Waals surface area contributed by atoms with Crippen LogP contribution in [0.2, 0.25) is 0 Å².